The molecule has 0 aliphatic heterocycles. The monoisotopic (exact) mass is 346 g/mol. The van der Waals surface area contributed by atoms with Crippen molar-refractivity contribution in [1.82, 2.24) is 10.6 Å². The van der Waals surface area contributed by atoms with Crippen LogP contribution in [-0.4, -0.2) is 18.4 Å². The molecule has 0 saturated heterocycles. The number of hydrogen-bond acceptors (Lipinski definition) is 2. The summed E-state index contributed by atoms with van der Waals surface area (Å²) < 4.78 is 26.9. The molecule has 0 aliphatic rings. The molecule has 25 heavy (non-hydrogen) atoms. The van der Waals surface area contributed by atoms with Gasteiger partial charge >= 0.3 is 0 Å². The third kappa shape index (κ3) is 6.33. The molecule has 4 nitrogen and oxygen atoms in total. The predicted molar refractivity (Wildman–Crippen MR) is 90.7 cm³/mol. The van der Waals surface area contributed by atoms with E-state index in [4.69, 9.17) is 0 Å². The molecule has 0 fully saturated rings. The number of hydrogen-bond donors (Lipinski definition) is 2. The summed E-state index contributed by atoms with van der Waals surface area (Å²) in [5, 5.41) is 5.37. The van der Waals surface area contributed by atoms with Gasteiger partial charge in [0.2, 0.25) is 11.8 Å². The Labute approximate surface area is 145 Å². The van der Waals surface area contributed by atoms with E-state index < -0.39 is 11.9 Å². The van der Waals surface area contributed by atoms with Crippen LogP contribution in [0.4, 0.5) is 8.78 Å². The fourth-order valence-electron chi connectivity index (χ4n) is 2.49. The van der Waals surface area contributed by atoms with Gasteiger partial charge in [-0.15, -0.1) is 0 Å². The average molecular weight is 346 g/mol. The van der Waals surface area contributed by atoms with Gasteiger partial charge < -0.3 is 10.6 Å². The number of amides is 2. The third-order valence-electron chi connectivity index (χ3n) is 3.64. The molecule has 2 aromatic carbocycles. The van der Waals surface area contributed by atoms with Crippen LogP contribution in [0.15, 0.2) is 48.5 Å². The molecule has 0 heterocycles. The minimum atomic E-state index is -0.498. The highest BCUT2D eigenvalue weighted by Gasteiger charge is 2.16. The maximum absolute atomic E-state index is 13.5. The van der Waals surface area contributed by atoms with Crippen LogP contribution in [0.25, 0.3) is 0 Å². The normalized spacial score (nSPS) is 11.6. The Balaban J connectivity index is 2.11. The van der Waals surface area contributed by atoms with Crippen LogP contribution in [-0.2, 0) is 16.0 Å². The lowest BCUT2D eigenvalue weighted by atomic mass is 9.98. The molecule has 0 aliphatic carbocycles. The standard InChI is InChI=1S/C19H20F2N2O2/c1-13(24)22-9-8-19(25)23-18(15-5-3-7-17(21)12-15)11-14-4-2-6-16(20)10-14/h2-7,10,12,18H,8-9,11H2,1H3,(H,22,24)(H,23,25)/t18-/m0/s1. The molecule has 132 valence electrons. The summed E-state index contributed by atoms with van der Waals surface area (Å²) in [5.41, 5.74) is 1.29. The van der Waals surface area contributed by atoms with E-state index in [1.807, 2.05) is 0 Å². The van der Waals surface area contributed by atoms with Gasteiger partial charge in [-0.25, -0.2) is 8.78 Å². The summed E-state index contributed by atoms with van der Waals surface area (Å²) in [7, 11) is 0. The van der Waals surface area contributed by atoms with Crippen molar-refractivity contribution < 1.29 is 18.4 Å². The van der Waals surface area contributed by atoms with Crippen molar-refractivity contribution >= 4 is 11.8 Å². The van der Waals surface area contributed by atoms with E-state index in [-0.39, 0.29) is 30.6 Å². The summed E-state index contributed by atoms with van der Waals surface area (Å²) in [4.78, 5) is 23.0. The van der Waals surface area contributed by atoms with Gasteiger partial charge in [0.05, 0.1) is 6.04 Å². The molecule has 0 unspecified atom stereocenters. The molecule has 2 aromatic rings. The number of nitrogens with one attached hydrogen (secondary N) is 2. The summed E-state index contributed by atoms with van der Waals surface area (Å²) in [6.45, 7) is 1.59. The smallest absolute Gasteiger partial charge is 0.222 e. The number of benzene rings is 2. The topological polar surface area (TPSA) is 58.2 Å². The van der Waals surface area contributed by atoms with E-state index in [1.165, 1.54) is 31.2 Å². The van der Waals surface area contributed by atoms with Crippen molar-refractivity contribution in [3.63, 3.8) is 0 Å². The minimum Gasteiger partial charge on any atom is -0.356 e. The summed E-state index contributed by atoms with van der Waals surface area (Å²) in [6, 6.07) is 11.5. The van der Waals surface area contributed by atoms with Crippen LogP contribution in [0.5, 0.6) is 0 Å². The molecular formula is C19H20F2N2O2. The highest BCUT2D eigenvalue weighted by molar-refractivity contribution is 5.78. The fraction of sp³-hybridized carbons (Fsp3) is 0.263. The summed E-state index contributed by atoms with van der Waals surface area (Å²) >= 11 is 0. The number of carbonyl (C=O) groups is 2. The lowest BCUT2D eigenvalue weighted by Gasteiger charge is -2.20. The molecule has 0 saturated carbocycles. The van der Waals surface area contributed by atoms with Gasteiger partial charge in [-0.1, -0.05) is 24.3 Å². The van der Waals surface area contributed by atoms with Gasteiger partial charge in [0, 0.05) is 19.9 Å². The van der Waals surface area contributed by atoms with Gasteiger partial charge in [0.25, 0.3) is 0 Å². The van der Waals surface area contributed by atoms with E-state index >= 15 is 0 Å². The second-order valence-electron chi connectivity index (χ2n) is 5.74. The first-order valence-electron chi connectivity index (χ1n) is 7.98. The molecular weight excluding hydrogens is 326 g/mol. The Morgan fingerprint density at radius 2 is 1.72 bits per heavy atom. The Kier molecular flexibility index (Phi) is 6.62. The number of carbonyl (C=O) groups excluding carboxylic acids is 2. The van der Waals surface area contributed by atoms with Crippen molar-refractivity contribution in [2.75, 3.05) is 6.54 Å². The Bertz CT molecular complexity index is 750. The first-order chi connectivity index (χ1) is 11.9. The first kappa shape index (κ1) is 18.6. The average Bonchev–Trinajstić information content (AvgIpc) is 2.54. The molecule has 0 spiro atoms. The zero-order valence-corrected chi connectivity index (χ0v) is 13.9. The lowest BCUT2D eigenvalue weighted by molar-refractivity contribution is -0.122. The van der Waals surface area contributed by atoms with Crippen LogP contribution in [0.2, 0.25) is 0 Å². The highest BCUT2D eigenvalue weighted by atomic mass is 19.1. The molecule has 2 amide bonds. The van der Waals surface area contributed by atoms with Crippen molar-refractivity contribution in [3.8, 4) is 0 Å². The van der Waals surface area contributed by atoms with Gasteiger partial charge in [0.15, 0.2) is 0 Å². The van der Waals surface area contributed by atoms with E-state index in [9.17, 15) is 18.4 Å². The second kappa shape index (κ2) is 8.92. The van der Waals surface area contributed by atoms with Crippen LogP contribution in [0, 0.1) is 11.6 Å². The van der Waals surface area contributed by atoms with E-state index in [0.29, 0.717) is 17.5 Å². The van der Waals surface area contributed by atoms with Crippen molar-refractivity contribution in [2.24, 2.45) is 0 Å². The van der Waals surface area contributed by atoms with Gasteiger partial charge in [0.1, 0.15) is 11.6 Å². The number of halogens is 2. The van der Waals surface area contributed by atoms with Gasteiger partial charge in [-0.3, -0.25) is 9.59 Å². The minimum absolute atomic E-state index is 0.106. The third-order valence-corrected chi connectivity index (χ3v) is 3.64. The molecule has 2 rings (SSSR count). The zero-order valence-electron chi connectivity index (χ0n) is 13.9. The van der Waals surface area contributed by atoms with Crippen molar-refractivity contribution in [1.29, 1.82) is 0 Å². The summed E-state index contributed by atoms with van der Waals surface area (Å²) in [5.74, 6) is -1.27. The van der Waals surface area contributed by atoms with Crippen LogP contribution >= 0.6 is 0 Å². The molecule has 0 radical (unpaired) electrons. The Hall–Kier alpha value is -2.76. The largest absolute Gasteiger partial charge is 0.356 e. The second-order valence-corrected chi connectivity index (χ2v) is 5.74. The predicted octanol–water partition coefficient (Wildman–Crippen LogP) is 2.89. The molecule has 0 aromatic heterocycles. The lowest BCUT2D eigenvalue weighted by Crippen LogP contribution is -2.33. The van der Waals surface area contributed by atoms with Gasteiger partial charge in [-0.2, -0.15) is 0 Å². The molecule has 1 atom stereocenters. The van der Waals surface area contributed by atoms with Crippen LogP contribution in [0.3, 0.4) is 0 Å². The number of rotatable bonds is 7. The van der Waals surface area contributed by atoms with Crippen LogP contribution in [0.1, 0.15) is 30.5 Å². The first-order valence-corrected chi connectivity index (χ1v) is 7.98. The molecule has 0 bridgehead atoms. The fourth-order valence-corrected chi connectivity index (χ4v) is 2.49. The van der Waals surface area contributed by atoms with E-state index in [0.717, 1.165) is 0 Å². The van der Waals surface area contributed by atoms with Crippen molar-refractivity contribution in [3.05, 3.63) is 71.3 Å². The molecule has 2 N–H and O–H groups in total. The van der Waals surface area contributed by atoms with Crippen LogP contribution < -0.4 is 10.6 Å². The maximum Gasteiger partial charge on any atom is 0.222 e. The van der Waals surface area contributed by atoms with E-state index in [2.05, 4.69) is 10.6 Å². The zero-order chi connectivity index (χ0) is 18.2. The highest BCUT2D eigenvalue weighted by Crippen LogP contribution is 2.20. The summed E-state index contributed by atoms with van der Waals surface area (Å²) in [6.07, 6.45) is 0.432. The van der Waals surface area contributed by atoms with Gasteiger partial charge in [-0.05, 0) is 41.8 Å². The molecule has 6 heteroatoms. The van der Waals surface area contributed by atoms with Crippen molar-refractivity contribution in [2.45, 2.75) is 25.8 Å². The Morgan fingerprint density at radius 3 is 2.36 bits per heavy atom. The quantitative estimate of drug-likeness (QED) is 0.810. The van der Waals surface area contributed by atoms with E-state index in [1.54, 1.807) is 24.3 Å². The maximum atomic E-state index is 13.5. The SMILES string of the molecule is CC(=O)NCCC(=O)N[C@@H](Cc1cccc(F)c1)c1cccc(F)c1. The Morgan fingerprint density at radius 1 is 1.04 bits per heavy atom.